The molecule has 2 aliphatic rings. The molecule has 3 unspecified atom stereocenters. The van der Waals surface area contributed by atoms with Crippen LogP contribution in [-0.4, -0.2) is 28.6 Å². The minimum absolute atomic E-state index is 0. The molecule has 1 aromatic rings. The zero-order chi connectivity index (χ0) is 16.9. The van der Waals surface area contributed by atoms with Gasteiger partial charge in [-0.25, -0.2) is 4.98 Å². The molecule has 5 nitrogen and oxygen atoms in total. The van der Waals surface area contributed by atoms with Crippen LogP contribution in [0, 0.1) is 17.8 Å². The molecule has 1 heterocycles. The molecule has 0 radical (unpaired) electrons. The monoisotopic (exact) mass is 459 g/mol. The van der Waals surface area contributed by atoms with E-state index in [4.69, 9.17) is 0 Å². The van der Waals surface area contributed by atoms with Crippen molar-refractivity contribution in [3.05, 3.63) is 18.2 Å². The Morgan fingerprint density at radius 1 is 1.28 bits per heavy atom. The molecule has 2 aliphatic carbocycles. The molecule has 3 rings (SSSR count). The van der Waals surface area contributed by atoms with Gasteiger partial charge >= 0.3 is 0 Å². The molecule has 0 bridgehead atoms. The lowest BCUT2D eigenvalue weighted by molar-refractivity contribution is 0.239. The van der Waals surface area contributed by atoms with E-state index in [1.807, 2.05) is 13.2 Å². The summed E-state index contributed by atoms with van der Waals surface area (Å²) in [6.45, 7) is 6.20. The summed E-state index contributed by atoms with van der Waals surface area (Å²) in [6.07, 6.45) is 12.3. The van der Waals surface area contributed by atoms with Crippen molar-refractivity contribution < 1.29 is 0 Å². The third-order valence-electron chi connectivity index (χ3n) is 5.63. The van der Waals surface area contributed by atoms with Gasteiger partial charge in [0.1, 0.15) is 5.82 Å². The Morgan fingerprint density at radius 3 is 2.84 bits per heavy atom. The number of hydrogen-bond acceptors (Lipinski definition) is 2. The molecule has 0 amide bonds. The van der Waals surface area contributed by atoms with Crippen molar-refractivity contribution in [3.8, 4) is 0 Å². The van der Waals surface area contributed by atoms with Gasteiger partial charge in [-0.3, -0.25) is 4.99 Å². The minimum Gasteiger partial charge on any atom is -0.354 e. The van der Waals surface area contributed by atoms with E-state index in [2.05, 4.69) is 45.2 Å². The summed E-state index contributed by atoms with van der Waals surface area (Å²) in [4.78, 5) is 8.90. The van der Waals surface area contributed by atoms with E-state index < -0.39 is 0 Å². The first-order valence-corrected chi connectivity index (χ1v) is 9.63. The van der Waals surface area contributed by atoms with Gasteiger partial charge < -0.3 is 15.2 Å². The normalized spacial score (nSPS) is 26.2. The van der Waals surface area contributed by atoms with Crippen molar-refractivity contribution in [1.29, 1.82) is 0 Å². The SMILES string of the molecule is CN=C(NCc1nccn1CC(C)C)NC1CCC2CCCC2C1.I. The van der Waals surface area contributed by atoms with Gasteiger partial charge in [-0.1, -0.05) is 33.1 Å². The second-order valence-electron chi connectivity index (χ2n) is 7.92. The molecule has 0 aliphatic heterocycles. The number of nitrogens with one attached hydrogen (secondary N) is 2. The van der Waals surface area contributed by atoms with Gasteiger partial charge in [0.15, 0.2) is 5.96 Å². The number of nitrogens with zero attached hydrogens (tertiary/aromatic N) is 3. The molecule has 0 spiro atoms. The lowest BCUT2D eigenvalue weighted by Crippen LogP contribution is -2.46. The quantitative estimate of drug-likeness (QED) is 0.400. The highest BCUT2D eigenvalue weighted by molar-refractivity contribution is 14.0. The van der Waals surface area contributed by atoms with Crippen LogP contribution in [0.2, 0.25) is 0 Å². The molecule has 6 heteroatoms. The van der Waals surface area contributed by atoms with Gasteiger partial charge in [-0.05, 0) is 37.0 Å². The Balaban J connectivity index is 0.00000225. The smallest absolute Gasteiger partial charge is 0.191 e. The number of imidazole rings is 1. The Kier molecular flexibility index (Phi) is 8.03. The largest absolute Gasteiger partial charge is 0.354 e. The second kappa shape index (κ2) is 9.78. The Hall–Kier alpha value is -0.790. The summed E-state index contributed by atoms with van der Waals surface area (Å²) in [5.41, 5.74) is 0. The van der Waals surface area contributed by atoms with Crippen LogP contribution < -0.4 is 10.6 Å². The van der Waals surface area contributed by atoms with Crippen LogP contribution in [0.1, 0.15) is 58.2 Å². The number of halogens is 1. The van der Waals surface area contributed by atoms with E-state index in [0.29, 0.717) is 12.0 Å². The van der Waals surface area contributed by atoms with Crippen LogP contribution >= 0.6 is 24.0 Å². The van der Waals surface area contributed by atoms with E-state index in [9.17, 15) is 0 Å². The average molecular weight is 459 g/mol. The molecule has 0 saturated heterocycles. The Bertz CT molecular complexity index is 554. The molecule has 3 atom stereocenters. The first-order valence-electron chi connectivity index (χ1n) is 9.63. The summed E-state index contributed by atoms with van der Waals surface area (Å²) in [5.74, 6) is 4.56. The molecule has 2 N–H and O–H groups in total. The zero-order valence-corrected chi connectivity index (χ0v) is 18.2. The highest BCUT2D eigenvalue weighted by atomic mass is 127. The molecule has 1 aromatic heterocycles. The second-order valence-corrected chi connectivity index (χ2v) is 7.92. The molecule has 0 aromatic carbocycles. The first kappa shape index (κ1) is 20.5. The van der Waals surface area contributed by atoms with E-state index in [-0.39, 0.29) is 24.0 Å². The fourth-order valence-electron chi connectivity index (χ4n) is 4.45. The number of aromatic nitrogens is 2. The zero-order valence-electron chi connectivity index (χ0n) is 15.9. The predicted molar refractivity (Wildman–Crippen MR) is 114 cm³/mol. The van der Waals surface area contributed by atoms with E-state index in [0.717, 1.165) is 36.7 Å². The molecule has 142 valence electrons. The predicted octanol–water partition coefficient (Wildman–Crippen LogP) is 3.79. The van der Waals surface area contributed by atoms with Gasteiger partial charge in [0, 0.05) is 32.0 Å². The maximum atomic E-state index is 4.48. The van der Waals surface area contributed by atoms with Crippen LogP contribution in [0.5, 0.6) is 0 Å². The van der Waals surface area contributed by atoms with Crippen LogP contribution in [0.15, 0.2) is 17.4 Å². The van der Waals surface area contributed by atoms with Gasteiger partial charge in [0.05, 0.1) is 6.54 Å². The minimum atomic E-state index is 0. The summed E-state index contributed by atoms with van der Waals surface area (Å²) in [6, 6.07) is 0.575. The number of fused-ring (bicyclic) bond motifs is 1. The van der Waals surface area contributed by atoms with Crippen molar-refractivity contribution in [3.63, 3.8) is 0 Å². The average Bonchev–Trinajstić information content (AvgIpc) is 3.19. The summed E-state index contributed by atoms with van der Waals surface area (Å²) in [5, 5.41) is 7.09. The van der Waals surface area contributed by atoms with Gasteiger partial charge in [0.25, 0.3) is 0 Å². The maximum Gasteiger partial charge on any atom is 0.191 e. The highest BCUT2D eigenvalue weighted by Crippen LogP contribution is 2.41. The summed E-state index contributed by atoms with van der Waals surface area (Å²) < 4.78 is 2.23. The third-order valence-corrected chi connectivity index (χ3v) is 5.63. The molecule has 2 saturated carbocycles. The fourth-order valence-corrected chi connectivity index (χ4v) is 4.45. The van der Waals surface area contributed by atoms with Gasteiger partial charge in [-0.2, -0.15) is 0 Å². The van der Waals surface area contributed by atoms with Crippen LogP contribution in [-0.2, 0) is 13.1 Å². The van der Waals surface area contributed by atoms with E-state index >= 15 is 0 Å². The van der Waals surface area contributed by atoms with E-state index in [1.165, 1.54) is 38.5 Å². The highest BCUT2D eigenvalue weighted by Gasteiger charge is 2.33. The lowest BCUT2D eigenvalue weighted by atomic mass is 9.79. The standard InChI is InChI=1S/C19H33N5.HI/c1-14(2)13-24-10-9-21-18(24)12-22-19(20-3)23-17-8-7-15-5-4-6-16(15)11-17;/h9-10,14-17H,4-8,11-13H2,1-3H3,(H2,20,22,23);1H. The summed E-state index contributed by atoms with van der Waals surface area (Å²) >= 11 is 0. The lowest BCUT2D eigenvalue weighted by Gasteiger charge is -2.33. The Labute approximate surface area is 169 Å². The van der Waals surface area contributed by atoms with Crippen molar-refractivity contribution in [2.24, 2.45) is 22.7 Å². The van der Waals surface area contributed by atoms with Crippen molar-refractivity contribution in [2.45, 2.75) is 71.5 Å². The molecule has 2 fully saturated rings. The molecular weight excluding hydrogens is 425 g/mol. The number of guanidine groups is 1. The van der Waals surface area contributed by atoms with Crippen LogP contribution in [0.4, 0.5) is 0 Å². The van der Waals surface area contributed by atoms with Crippen LogP contribution in [0.3, 0.4) is 0 Å². The number of rotatable bonds is 5. The van der Waals surface area contributed by atoms with Crippen molar-refractivity contribution in [1.82, 2.24) is 20.2 Å². The van der Waals surface area contributed by atoms with E-state index in [1.54, 1.807) is 0 Å². The van der Waals surface area contributed by atoms with Crippen molar-refractivity contribution >= 4 is 29.9 Å². The topological polar surface area (TPSA) is 54.2 Å². The Morgan fingerprint density at radius 2 is 2.08 bits per heavy atom. The fraction of sp³-hybridized carbons (Fsp3) is 0.789. The summed E-state index contributed by atoms with van der Waals surface area (Å²) in [7, 11) is 1.86. The van der Waals surface area contributed by atoms with Crippen molar-refractivity contribution in [2.75, 3.05) is 7.05 Å². The van der Waals surface area contributed by atoms with Crippen LogP contribution in [0.25, 0.3) is 0 Å². The van der Waals surface area contributed by atoms with Gasteiger partial charge in [-0.15, -0.1) is 24.0 Å². The molecule has 25 heavy (non-hydrogen) atoms. The van der Waals surface area contributed by atoms with Gasteiger partial charge in [0.2, 0.25) is 0 Å². The number of hydrogen-bond donors (Lipinski definition) is 2. The third kappa shape index (κ3) is 5.59. The first-order chi connectivity index (χ1) is 11.7. The maximum absolute atomic E-state index is 4.48. The number of aliphatic imine (C=N–C) groups is 1. The molecular formula is C19H34IN5.